The topological polar surface area (TPSA) is 51.4 Å². The van der Waals surface area contributed by atoms with Gasteiger partial charge in [-0.1, -0.05) is 11.2 Å². The first-order chi connectivity index (χ1) is 10.7. The van der Waals surface area contributed by atoms with Crippen molar-refractivity contribution in [1.29, 1.82) is 0 Å². The van der Waals surface area contributed by atoms with Crippen molar-refractivity contribution in [1.82, 2.24) is 15.0 Å². The molecule has 0 saturated carbocycles. The predicted molar refractivity (Wildman–Crippen MR) is 83.3 cm³/mol. The maximum Gasteiger partial charge on any atom is 0.138 e. The van der Waals surface area contributed by atoms with Crippen LogP contribution < -0.4 is 0 Å². The molecule has 2 aromatic heterocycles. The summed E-state index contributed by atoms with van der Waals surface area (Å²) in [7, 11) is 0. The minimum atomic E-state index is 0.331. The second kappa shape index (κ2) is 7.03. The summed E-state index contributed by atoms with van der Waals surface area (Å²) >= 11 is 0. The van der Waals surface area contributed by atoms with E-state index in [-0.39, 0.29) is 0 Å². The van der Waals surface area contributed by atoms with Crippen LogP contribution in [0.5, 0.6) is 0 Å². The van der Waals surface area contributed by atoms with E-state index in [2.05, 4.69) is 21.1 Å². The number of aromatic nitrogens is 2. The molecule has 0 bridgehead atoms. The van der Waals surface area contributed by atoms with Gasteiger partial charge in [0.2, 0.25) is 0 Å². The van der Waals surface area contributed by atoms with Crippen molar-refractivity contribution in [3.63, 3.8) is 0 Å². The lowest BCUT2D eigenvalue weighted by Gasteiger charge is -2.25. The summed E-state index contributed by atoms with van der Waals surface area (Å²) in [5.41, 5.74) is 3.37. The molecule has 3 rings (SSSR count). The molecule has 5 nitrogen and oxygen atoms in total. The Balaban J connectivity index is 1.73. The van der Waals surface area contributed by atoms with Crippen LogP contribution in [0.3, 0.4) is 0 Å². The van der Waals surface area contributed by atoms with E-state index in [4.69, 9.17) is 9.26 Å². The largest absolute Gasteiger partial charge is 0.377 e. The van der Waals surface area contributed by atoms with Gasteiger partial charge in [-0.15, -0.1) is 0 Å². The Morgan fingerprint density at radius 3 is 2.86 bits per heavy atom. The number of nitrogens with zero attached hydrogens (tertiary/aromatic N) is 3. The van der Waals surface area contributed by atoms with Crippen molar-refractivity contribution in [3.05, 3.63) is 47.1 Å². The fraction of sp³-hybridized carbons (Fsp3) is 0.529. The van der Waals surface area contributed by atoms with Gasteiger partial charge in [0.1, 0.15) is 5.76 Å². The Labute approximate surface area is 131 Å². The quantitative estimate of drug-likeness (QED) is 0.821. The van der Waals surface area contributed by atoms with Crippen LogP contribution in [0.2, 0.25) is 0 Å². The molecule has 0 radical (unpaired) electrons. The van der Waals surface area contributed by atoms with Crippen LogP contribution in [0.25, 0.3) is 0 Å². The fourth-order valence-corrected chi connectivity index (χ4v) is 2.96. The maximum absolute atomic E-state index is 5.80. The average molecular weight is 301 g/mol. The van der Waals surface area contributed by atoms with Gasteiger partial charge >= 0.3 is 0 Å². The maximum atomic E-state index is 5.80. The molecule has 118 valence electrons. The summed E-state index contributed by atoms with van der Waals surface area (Å²) in [4.78, 5) is 6.62. The van der Waals surface area contributed by atoms with Crippen LogP contribution in [0, 0.1) is 13.8 Å². The van der Waals surface area contributed by atoms with E-state index in [0.717, 1.165) is 50.5 Å². The van der Waals surface area contributed by atoms with Crippen LogP contribution in [-0.2, 0) is 17.8 Å². The zero-order valence-corrected chi connectivity index (χ0v) is 13.3. The van der Waals surface area contributed by atoms with Crippen molar-refractivity contribution in [2.45, 2.75) is 45.9 Å². The molecule has 1 aliphatic rings. The number of pyridine rings is 1. The highest BCUT2D eigenvalue weighted by Gasteiger charge is 2.21. The lowest BCUT2D eigenvalue weighted by atomic mass is 10.1. The molecule has 1 atom stereocenters. The Morgan fingerprint density at radius 2 is 2.23 bits per heavy atom. The van der Waals surface area contributed by atoms with Crippen LogP contribution >= 0.6 is 0 Å². The molecule has 1 fully saturated rings. The minimum absolute atomic E-state index is 0.331. The SMILES string of the molecule is Cc1noc(C)c1CN(Cc1cccnc1)C[C@H]1CCCO1. The van der Waals surface area contributed by atoms with Crippen LogP contribution in [0.1, 0.15) is 35.4 Å². The van der Waals surface area contributed by atoms with E-state index in [0.29, 0.717) is 6.10 Å². The summed E-state index contributed by atoms with van der Waals surface area (Å²) < 4.78 is 11.1. The molecular formula is C17H23N3O2. The Bertz CT molecular complexity index is 572. The van der Waals surface area contributed by atoms with E-state index in [9.17, 15) is 0 Å². The first-order valence-electron chi connectivity index (χ1n) is 7.87. The smallest absolute Gasteiger partial charge is 0.138 e. The predicted octanol–water partition coefficient (Wildman–Crippen LogP) is 2.87. The third-order valence-electron chi connectivity index (χ3n) is 4.18. The van der Waals surface area contributed by atoms with Gasteiger partial charge in [0, 0.05) is 44.2 Å². The van der Waals surface area contributed by atoms with E-state index in [1.165, 1.54) is 11.1 Å². The van der Waals surface area contributed by atoms with E-state index >= 15 is 0 Å². The summed E-state index contributed by atoms with van der Waals surface area (Å²) in [5, 5.41) is 4.06. The molecule has 0 aromatic carbocycles. The molecule has 1 aliphatic heterocycles. The average Bonchev–Trinajstić information content (AvgIpc) is 3.13. The normalized spacial score (nSPS) is 18.2. The van der Waals surface area contributed by atoms with Crippen molar-refractivity contribution in [2.75, 3.05) is 13.2 Å². The van der Waals surface area contributed by atoms with Crippen molar-refractivity contribution in [2.24, 2.45) is 0 Å². The van der Waals surface area contributed by atoms with Crippen LogP contribution in [0.15, 0.2) is 29.0 Å². The molecule has 1 saturated heterocycles. The zero-order chi connectivity index (χ0) is 15.4. The van der Waals surface area contributed by atoms with Gasteiger partial charge in [0.15, 0.2) is 0 Å². The molecule has 0 unspecified atom stereocenters. The van der Waals surface area contributed by atoms with E-state index < -0.39 is 0 Å². The van der Waals surface area contributed by atoms with Gasteiger partial charge in [-0.2, -0.15) is 0 Å². The van der Waals surface area contributed by atoms with Crippen LogP contribution in [-0.4, -0.2) is 34.3 Å². The van der Waals surface area contributed by atoms with Gasteiger partial charge in [-0.05, 0) is 38.3 Å². The van der Waals surface area contributed by atoms with Crippen molar-refractivity contribution < 1.29 is 9.26 Å². The van der Waals surface area contributed by atoms with Gasteiger partial charge < -0.3 is 9.26 Å². The number of hydrogen-bond acceptors (Lipinski definition) is 5. The summed E-state index contributed by atoms with van der Waals surface area (Å²) in [5.74, 6) is 0.904. The number of rotatable bonds is 6. The molecule has 5 heteroatoms. The Kier molecular flexibility index (Phi) is 4.85. The van der Waals surface area contributed by atoms with Gasteiger partial charge in [-0.3, -0.25) is 9.88 Å². The van der Waals surface area contributed by atoms with E-state index in [1.54, 1.807) is 0 Å². The van der Waals surface area contributed by atoms with Gasteiger partial charge in [-0.25, -0.2) is 0 Å². The number of aryl methyl sites for hydroxylation is 2. The third kappa shape index (κ3) is 3.72. The zero-order valence-electron chi connectivity index (χ0n) is 13.3. The molecule has 0 aliphatic carbocycles. The lowest BCUT2D eigenvalue weighted by Crippen LogP contribution is -2.31. The summed E-state index contributed by atoms with van der Waals surface area (Å²) in [6, 6.07) is 4.10. The fourth-order valence-electron chi connectivity index (χ4n) is 2.96. The monoisotopic (exact) mass is 301 g/mol. The highest BCUT2D eigenvalue weighted by Crippen LogP contribution is 2.20. The molecule has 0 amide bonds. The molecule has 0 spiro atoms. The second-order valence-corrected chi connectivity index (χ2v) is 5.97. The first-order valence-corrected chi connectivity index (χ1v) is 7.87. The Hall–Kier alpha value is -1.72. The second-order valence-electron chi connectivity index (χ2n) is 5.97. The lowest BCUT2D eigenvalue weighted by molar-refractivity contribution is 0.0676. The standard InChI is InChI=1S/C17H23N3O2/c1-13-17(14(2)22-19-13)12-20(11-16-6-4-8-21-16)10-15-5-3-7-18-9-15/h3,5,7,9,16H,4,6,8,10-12H2,1-2H3/t16-/m1/s1. The van der Waals surface area contributed by atoms with Crippen LogP contribution in [0.4, 0.5) is 0 Å². The molecular weight excluding hydrogens is 278 g/mol. The highest BCUT2D eigenvalue weighted by molar-refractivity contribution is 5.21. The number of ether oxygens (including phenoxy) is 1. The third-order valence-corrected chi connectivity index (χ3v) is 4.18. The summed E-state index contributed by atoms with van der Waals surface area (Å²) in [6.45, 7) is 7.48. The molecule has 3 heterocycles. The minimum Gasteiger partial charge on any atom is -0.377 e. The van der Waals surface area contributed by atoms with Crippen molar-refractivity contribution >= 4 is 0 Å². The first kappa shape index (κ1) is 15.2. The van der Waals surface area contributed by atoms with E-state index in [1.807, 2.05) is 32.3 Å². The number of hydrogen-bond donors (Lipinski definition) is 0. The summed E-state index contributed by atoms with van der Waals surface area (Å²) in [6.07, 6.45) is 6.37. The van der Waals surface area contributed by atoms with Gasteiger partial charge in [0.05, 0.1) is 11.8 Å². The van der Waals surface area contributed by atoms with Gasteiger partial charge in [0.25, 0.3) is 0 Å². The Morgan fingerprint density at radius 1 is 1.32 bits per heavy atom. The van der Waals surface area contributed by atoms with Crippen molar-refractivity contribution in [3.8, 4) is 0 Å². The highest BCUT2D eigenvalue weighted by atomic mass is 16.5. The molecule has 0 N–H and O–H groups in total. The molecule has 2 aromatic rings. The molecule has 22 heavy (non-hydrogen) atoms.